The molecule has 1 heterocycles. The number of rotatable bonds is 3. The highest BCUT2D eigenvalue weighted by Crippen LogP contribution is 2.16. The van der Waals surface area contributed by atoms with Gasteiger partial charge in [-0.05, 0) is 26.3 Å². The van der Waals surface area contributed by atoms with Gasteiger partial charge in [0.2, 0.25) is 0 Å². The molecule has 0 radical (unpaired) electrons. The van der Waals surface area contributed by atoms with Crippen LogP contribution < -0.4 is 0 Å². The lowest BCUT2D eigenvalue weighted by molar-refractivity contribution is 0.0484. The highest BCUT2D eigenvalue weighted by atomic mass is 16.3. The van der Waals surface area contributed by atoms with Gasteiger partial charge in [-0.15, -0.1) is 0 Å². The van der Waals surface area contributed by atoms with Gasteiger partial charge in [-0.25, -0.2) is 0 Å². The Balaban J connectivity index is 2.36. The maximum absolute atomic E-state index is 9.19. The molecule has 3 nitrogen and oxygen atoms in total. The molecule has 1 saturated heterocycles. The number of β-amino-alcohol motifs (C(OH)–C–C–N with tert-alkyl or cyclic N) is 1. The maximum atomic E-state index is 9.19. The van der Waals surface area contributed by atoms with E-state index in [-0.39, 0.29) is 18.8 Å². The van der Waals surface area contributed by atoms with E-state index in [4.69, 9.17) is 5.11 Å². The molecule has 0 aliphatic carbocycles. The fourth-order valence-electron chi connectivity index (χ4n) is 1.85. The third-order valence-corrected chi connectivity index (χ3v) is 2.46. The van der Waals surface area contributed by atoms with Gasteiger partial charge in [0.15, 0.2) is 0 Å². The molecule has 0 bridgehead atoms. The van der Waals surface area contributed by atoms with E-state index >= 15 is 0 Å². The van der Waals surface area contributed by atoms with Gasteiger partial charge in [0.25, 0.3) is 0 Å². The average Bonchev–Trinajstić information content (AvgIpc) is 2.04. The van der Waals surface area contributed by atoms with Gasteiger partial charge < -0.3 is 10.2 Å². The number of hydrogen-bond acceptors (Lipinski definition) is 3. The summed E-state index contributed by atoms with van der Waals surface area (Å²) in [6.45, 7) is 3.75. The molecule has 2 atom stereocenters. The van der Waals surface area contributed by atoms with Crippen molar-refractivity contribution in [3.63, 3.8) is 0 Å². The Labute approximate surface area is 74.0 Å². The predicted octanol–water partition coefficient (Wildman–Crippen LogP) is 0.214. The molecule has 12 heavy (non-hydrogen) atoms. The van der Waals surface area contributed by atoms with Crippen LogP contribution in [0.4, 0.5) is 0 Å². The monoisotopic (exact) mass is 173 g/mol. The molecule has 2 N–H and O–H groups in total. The Morgan fingerprint density at radius 3 is 2.83 bits per heavy atom. The van der Waals surface area contributed by atoms with Gasteiger partial charge in [0.05, 0.1) is 12.7 Å². The van der Waals surface area contributed by atoms with Crippen LogP contribution in [0.2, 0.25) is 0 Å². The largest absolute Gasteiger partial charge is 0.395 e. The van der Waals surface area contributed by atoms with Crippen LogP contribution in [0.25, 0.3) is 0 Å². The van der Waals surface area contributed by atoms with E-state index in [1.54, 1.807) is 6.92 Å². The molecule has 1 aliphatic rings. The highest BCUT2D eigenvalue weighted by molar-refractivity contribution is 4.77. The SMILES string of the molecule is C[C@H](O)CN1CCCCC1CO. The van der Waals surface area contributed by atoms with Crippen LogP contribution in [-0.4, -0.2) is 47.0 Å². The number of nitrogens with zero attached hydrogens (tertiary/aromatic N) is 1. The number of likely N-dealkylation sites (tertiary alicyclic amines) is 1. The predicted molar refractivity (Wildman–Crippen MR) is 48.0 cm³/mol. The molecule has 1 rings (SSSR count). The van der Waals surface area contributed by atoms with E-state index in [0.717, 1.165) is 13.0 Å². The van der Waals surface area contributed by atoms with Crippen molar-refractivity contribution in [2.45, 2.75) is 38.3 Å². The van der Waals surface area contributed by atoms with Gasteiger partial charge in [0, 0.05) is 12.6 Å². The zero-order valence-corrected chi connectivity index (χ0v) is 7.74. The van der Waals surface area contributed by atoms with Crippen molar-refractivity contribution in [2.24, 2.45) is 0 Å². The summed E-state index contributed by atoms with van der Waals surface area (Å²) in [6, 6.07) is 0.286. The zero-order valence-electron chi connectivity index (χ0n) is 7.74. The van der Waals surface area contributed by atoms with E-state index in [1.807, 2.05) is 0 Å². The number of aliphatic hydroxyl groups excluding tert-OH is 2. The van der Waals surface area contributed by atoms with Crippen LogP contribution in [0.1, 0.15) is 26.2 Å². The fraction of sp³-hybridized carbons (Fsp3) is 1.00. The lowest BCUT2D eigenvalue weighted by Crippen LogP contribution is -2.44. The van der Waals surface area contributed by atoms with Crippen molar-refractivity contribution < 1.29 is 10.2 Å². The molecule has 0 aromatic carbocycles. The summed E-state index contributed by atoms with van der Waals surface area (Å²) in [5.74, 6) is 0. The molecular weight excluding hydrogens is 154 g/mol. The second-order valence-electron chi connectivity index (χ2n) is 3.68. The van der Waals surface area contributed by atoms with Gasteiger partial charge in [-0.2, -0.15) is 0 Å². The Morgan fingerprint density at radius 2 is 2.25 bits per heavy atom. The topological polar surface area (TPSA) is 43.7 Å². The van der Waals surface area contributed by atoms with Crippen LogP contribution in [0.3, 0.4) is 0 Å². The minimum atomic E-state index is -0.280. The van der Waals surface area contributed by atoms with Crippen molar-refractivity contribution in [1.29, 1.82) is 0 Å². The second kappa shape index (κ2) is 4.80. The maximum Gasteiger partial charge on any atom is 0.0639 e. The first-order chi connectivity index (χ1) is 5.74. The zero-order chi connectivity index (χ0) is 8.97. The minimum absolute atomic E-state index is 0.229. The molecule has 72 valence electrons. The number of aliphatic hydroxyl groups is 2. The van der Waals surface area contributed by atoms with Crippen molar-refractivity contribution in [2.75, 3.05) is 19.7 Å². The van der Waals surface area contributed by atoms with Crippen LogP contribution in [-0.2, 0) is 0 Å². The smallest absolute Gasteiger partial charge is 0.0639 e. The minimum Gasteiger partial charge on any atom is -0.395 e. The first-order valence-electron chi connectivity index (χ1n) is 4.77. The number of hydrogen-bond donors (Lipinski definition) is 2. The van der Waals surface area contributed by atoms with Crippen molar-refractivity contribution in [1.82, 2.24) is 4.90 Å². The molecule has 1 unspecified atom stereocenters. The Morgan fingerprint density at radius 1 is 1.50 bits per heavy atom. The first-order valence-corrected chi connectivity index (χ1v) is 4.77. The Hall–Kier alpha value is -0.120. The third-order valence-electron chi connectivity index (χ3n) is 2.46. The second-order valence-corrected chi connectivity index (χ2v) is 3.68. The third kappa shape index (κ3) is 2.73. The van der Waals surface area contributed by atoms with Crippen LogP contribution in [0, 0.1) is 0 Å². The molecule has 0 aromatic heterocycles. The quantitative estimate of drug-likeness (QED) is 0.641. The molecule has 0 saturated carbocycles. The molecular formula is C9H19NO2. The van der Waals surface area contributed by atoms with E-state index < -0.39 is 0 Å². The lowest BCUT2D eigenvalue weighted by atomic mass is 10.0. The summed E-state index contributed by atoms with van der Waals surface area (Å²) in [5, 5.41) is 18.2. The van der Waals surface area contributed by atoms with E-state index in [2.05, 4.69) is 4.90 Å². The van der Waals surface area contributed by atoms with Crippen LogP contribution in [0.15, 0.2) is 0 Å². The summed E-state index contributed by atoms with van der Waals surface area (Å²) in [6.07, 6.45) is 3.20. The van der Waals surface area contributed by atoms with Gasteiger partial charge in [-0.1, -0.05) is 6.42 Å². The van der Waals surface area contributed by atoms with E-state index in [1.165, 1.54) is 12.8 Å². The molecule has 0 spiro atoms. The molecule has 0 amide bonds. The number of piperidine rings is 1. The first kappa shape index (κ1) is 9.96. The molecule has 1 aliphatic heterocycles. The van der Waals surface area contributed by atoms with Gasteiger partial charge in [0.1, 0.15) is 0 Å². The summed E-state index contributed by atoms with van der Waals surface area (Å²) < 4.78 is 0. The molecule has 3 heteroatoms. The summed E-state index contributed by atoms with van der Waals surface area (Å²) in [4.78, 5) is 2.19. The van der Waals surface area contributed by atoms with Crippen LogP contribution >= 0.6 is 0 Å². The van der Waals surface area contributed by atoms with Gasteiger partial charge in [-0.3, -0.25) is 4.90 Å². The fourth-order valence-corrected chi connectivity index (χ4v) is 1.85. The molecule has 1 fully saturated rings. The van der Waals surface area contributed by atoms with Crippen LogP contribution in [0.5, 0.6) is 0 Å². The van der Waals surface area contributed by atoms with E-state index in [9.17, 15) is 5.11 Å². The summed E-state index contributed by atoms with van der Waals surface area (Å²) in [7, 11) is 0. The average molecular weight is 173 g/mol. The molecule has 0 aromatic rings. The van der Waals surface area contributed by atoms with Crippen molar-refractivity contribution >= 4 is 0 Å². The van der Waals surface area contributed by atoms with Crippen molar-refractivity contribution in [3.8, 4) is 0 Å². The standard InChI is InChI=1S/C9H19NO2/c1-8(12)6-10-5-3-2-4-9(10)7-11/h8-9,11-12H,2-7H2,1H3/t8-,9?/m0/s1. The summed E-state index contributed by atoms with van der Waals surface area (Å²) in [5.41, 5.74) is 0. The summed E-state index contributed by atoms with van der Waals surface area (Å²) >= 11 is 0. The van der Waals surface area contributed by atoms with Gasteiger partial charge >= 0.3 is 0 Å². The highest BCUT2D eigenvalue weighted by Gasteiger charge is 2.21. The Bertz CT molecular complexity index is 128. The normalized spacial score (nSPS) is 28.8. The van der Waals surface area contributed by atoms with E-state index in [0.29, 0.717) is 6.54 Å². The lowest BCUT2D eigenvalue weighted by Gasteiger charge is -2.35. The van der Waals surface area contributed by atoms with Crippen molar-refractivity contribution in [3.05, 3.63) is 0 Å². The Kier molecular flexibility index (Phi) is 3.98.